The summed E-state index contributed by atoms with van der Waals surface area (Å²) in [6.07, 6.45) is 8.22. The van der Waals surface area contributed by atoms with Crippen molar-refractivity contribution in [1.82, 2.24) is 0 Å². The molecular weight excluding hydrogens is 364 g/mol. The number of hydrogen-bond donors (Lipinski definition) is 0. The van der Waals surface area contributed by atoms with Gasteiger partial charge in [-0.1, -0.05) is 110 Å². The number of halogens is 1. The molecule has 27 heavy (non-hydrogen) atoms. The van der Waals surface area contributed by atoms with E-state index in [1.807, 2.05) is 0 Å². The molecule has 3 aliphatic rings. The van der Waals surface area contributed by atoms with E-state index in [1.165, 1.54) is 27.8 Å². The summed E-state index contributed by atoms with van der Waals surface area (Å²) in [5.74, 6) is 0.324. The molecule has 0 saturated heterocycles. The lowest BCUT2D eigenvalue weighted by Gasteiger charge is -2.39. The Hall–Kier alpha value is -2.09. The van der Waals surface area contributed by atoms with Crippen LogP contribution in [0, 0.1) is 0 Å². The van der Waals surface area contributed by atoms with Crippen LogP contribution in [0.2, 0.25) is 6.55 Å². The van der Waals surface area contributed by atoms with Gasteiger partial charge in [0.25, 0.3) is 0 Å². The Morgan fingerprint density at radius 1 is 0.926 bits per heavy atom. The van der Waals surface area contributed by atoms with Crippen LogP contribution >= 0.6 is 11.1 Å². The number of fused-ring (bicyclic) bond motifs is 1. The molecular formula is C25H24ClSi. The van der Waals surface area contributed by atoms with Crippen LogP contribution in [0.5, 0.6) is 0 Å². The van der Waals surface area contributed by atoms with Crippen LogP contribution in [-0.4, -0.2) is 8.11 Å². The Labute approximate surface area is 168 Å². The highest BCUT2D eigenvalue weighted by Crippen LogP contribution is 2.48. The summed E-state index contributed by atoms with van der Waals surface area (Å²) in [7, 11) is -1.18. The first-order valence-corrected chi connectivity index (χ1v) is 12.6. The van der Waals surface area contributed by atoms with E-state index in [2.05, 4.69) is 104 Å². The van der Waals surface area contributed by atoms with Gasteiger partial charge in [0.2, 0.25) is 0 Å². The average molecular weight is 388 g/mol. The molecule has 0 nitrogen and oxygen atoms in total. The second-order valence-electron chi connectivity index (χ2n) is 7.21. The van der Waals surface area contributed by atoms with Crippen molar-refractivity contribution in [3.63, 3.8) is 0 Å². The third kappa shape index (κ3) is 3.09. The van der Waals surface area contributed by atoms with Gasteiger partial charge in [-0.05, 0) is 28.7 Å². The van der Waals surface area contributed by atoms with E-state index in [1.54, 1.807) is 0 Å². The molecule has 0 fully saturated rings. The fourth-order valence-electron chi connectivity index (χ4n) is 4.38. The van der Waals surface area contributed by atoms with Crippen molar-refractivity contribution < 1.29 is 0 Å². The Bertz CT molecular complexity index is 957. The Balaban J connectivity index is 1.87. The summed E-state index contributed by atoms with van der Waals surface area (Å²) in [5, 5.41) is -0.164. The fourth-order valence-corrected chi connectivity index (χ4v) is 6.86. The second kappa shape index (κ2) is 7.50. The minimum Gasteiger partial charge on any atom is -0.168 e. The number of benzene rings is 1. The zero-order valence-electron chi connectivity index (χ0n) is 15.8. The fraction of sp³-hybridized carbons (Fsp3) is 0.200. The lowest BCUT2D eigenvalue weighted by molar-refractivity contribution is 0.779. The zero-order chi connectivity index (χ0) is 18.9. The van der Waals surface area contributed by atoms with E-state index < -0.39 is 8.11 Å². The van der Waals surface area contributed by atoms with Gasteiger partial charge < -0.3 is 0 Å². The predicted octanol–water partition coefficient (Wildman–Crippen LogP) is 7.12. The molecule has 2 unspecified atom stereocenters. The van der Waals surface area contributed by atoms with E-state index in [9.17, 15) is 0 Å². The summed E-state index contributed by atoms with van der Waals surface area (Å²) >= 11 is 7.02. The Morgan fingerprint density at radius 2 is 1.63 bits per heavy atom. The maximum absolute atomic E-state index is 7.02. The maximum atomic E-state index is 7.02. The van der Waals surface area contributed by atoms with Crippen molar-refractivity contribution in [3.8, 4) is 11.1 Å². The van der Waals surface area contributed by atoms with Crippen LogP contribution in [0.1, 0.15) is 30.4 Å². The minimum atomic E-state index is -1.18. The summed E-state index contributed by atoms with van der Waals surface area (Å²) in [6.45, 7) is 4.49. The average Bonchev–Trinajstić information content (AvgIpc) is 2.96. The van der Waals surface area contributed by atoms with Gasteiger partial charge in [-0.2, -0.15) is 11.1 Å². The van der Waals surface area contributed by atoms with Crippen LogP contribution < -0.4 is 0 Å². The lowest BCUT2D eigenvalue weighted by Crippen LogP contribution is -2.39. The van der Waals surface area contributed by atoms with Crippen LogP contribution in [-0.2, 0) is 5.04 Å². The maximum Gasteiger partial charge on any atom is 0.181 e. The molecule has 4 rings (SSSR count). The molecule has 1 aromatic carbocycles. The van der Waals surface area contributed by atoms with Gasteiger partial charge >= 0.3 is 0 Å². The number of allylic oxidation sites excluding steroid dienone is 4. The second-order valence-corrected chi connectivity index (χ2v) is 10.8. The van der Waals surface area contributed by atoms with E-state index in [4.69, 9.17) is 11.1 Å². The highest BCUT2D eigenvalue weighted by molar-refractivity contribution is 7.08. The molecule has 1 aromatic rings. The molecule has 3 aliphatic carbocycles. The third-order valence-corrected chi connectivity index (χ3v) is 8.50. The lowest BCUT2D eigenvalue weighted by atomic mass is 9.79. The molecule has 2 heteroatoms. The Morgan fingerprint density at radius 3 is 2.33 bits per heavy atom. The van der Waals surface area contributed by atoms with Crippen molar-refractivity contribution in [2.24, 2.45) is 0 Å². The monoisotopic (exact) mass is 387 g/mol. The first-order valence-electron chi connectivity index (χ1n) is 9.60. The summed E-state index contributed by atoms with van der Waals surface area (Å²) in [6, 6.07) is 26.0. The van der Waals surface area contributed by atoms with E-state index >= 15 is 0 Å². The van der Waals surface area contributed by atoms with E-state index in [0.29, 0.717) is 5.92 Å². The van der Waals surface area contributed by atoms with E-state index in [-0.39, 0.29) is 5.04 Å². The standard InChI is InChI=1S/C25H24ClSi/c1-3-22-18-21(19-10-6-4-7-11-19)16-17-25(22,27(2)26)24-15-14-20-12-8-5-9-13-23(20)24/h4-18,21H,3H2,1-2H3. The number of rotatable bonds is 4. The normalized spacial score (nSPS) is 22.2. The molecule has 2 atom stereocenters. The third-order valence-electron chi connectivity index (χ3n) is 5.77. The molecule has 0 saturated carbocycles. The van der Waals surface area contributed by atoms with Gasteiger partial charge in [0, 0.05) is 11.0 Å². The van der Waals surface area contributed by atoms with Gasteiger partial charge in [-0.25, -0.2) is 0 Å². The highest BCUT2D eigenvalue weighted by Gasteiger charge is 2.43. The first-order chi connectivity index (χ1) is 13.2. The van der Waals surface area contributed by atoms with Crippen molar-refractivity contribution in [2.75, 3.05) is 0 Å². The van der Waals surface area contributed by atoms with Crippen LogP contribution in [0.3, 0.4) is 0 Å². The minimum absolute atomic E-state index is 0.164. The van der Waals surface area contributed by atoms with Crippen LogP contribution in [0.4, 0.5) is 0 Å². The van der Waals surface area contributed by atoms with Crippen molar-refractivity contribution in [2.45, 2.75) is 30.8 Å². The predicted molar refractivity (Wildman–Crippen MR) is 119 cm³/mol. The smallest absolute Gasteiger partial charge is 0.168 e. The van der Waals surface area contributed by atoms with Crippen molar-refractivity contribution in [1.29, 1.82) is 0 Å². The Kier molecular flexibility index (Phi) is 5.08. The molecule has 0 bridgehead atoms. The molecule has 0 N–H and O–H groups in total. The quantitative estimate of drug-likeness (QED) is 0.254. The SMILES string of the molecule is CCC1=CC(c2ccccc2)C=CC1(c1ccc2cccccc1-2)[Si](C)Cl. The molecule has 135 valence electrons. The van der Waals surface area contributed by atoms with Gasteiger partial charge in [0.15, 0.2) is 8.11 Å². The molecule has 0 aliphatic heterocycles. The summed E-state index contributed by atoms with van der Waals surface area (Å²) in [4.78, 5) is 0. The zero-order valence-corrected chi connectivity index (χ0v) is 17.6. The van der Waals surface area contributed by atoms with Crippen molar-refractivity contribution >= 4 is 19.2 Å². The summed E-state index contributed by atoms with van der Waals surface area (Å²) in [5.41, 5.74) is 6.74. The van der Waals surface area contributed by atoms with Crippen molar-refractivity contribution in [3.05, 3.63) is 108 Å². The van der Waals surface area contributed by atoms with Gasteiger partial charge in [0.05, 0.1) is 0 Å². The largest absolute Gasteiger partial charge is 0.181 e. The summed E-state index contributed by atoms with van der Waals surface area (Å²) < 4.78 is 0. The molecule has 0 aromatic heterocycles. The molecule has 0 heterocycles. The van der Waals surface area contributed by atoms with Gasteiger partial charge in [-0.15, -0.1) is 0 Å². The first kappa shape index (κ1) is 18.3. The molecule has 0 amide bonds. The van der Waals surface area contributed by atoms with Gasteiger partial charge in [-0.3, -0.25) is 0 Å². The topological polar surface area (TPSA) is 0 Å². The van der Waals surface area contributed by atoms with Crippen LogP contribution in [0.15, 0.2) is 96.6 Å². The van der Waals surface area contributed by atoms with Gasteiger partial charge in [0.1, 0.15) is 0 Å². The highest BCUT2D eigenvalue weighted by atomic mass is 35.6. The number of hydrogen-bond acceptors (Lipinski definition) is 0. The van der Waals surface area contributed by atoms with E-state index in [0.717, 1.165) is 6.42 Å². The van der Waals surface area contributed by atoms with Crippen LogP contribution in [0.25, 0.3) is 11.1 Å². The molecule has 0 spiro atoms. The molecule has 1 radical (unpaired) electrons.